The zero-order valence-corrected chi connectivity index (χ0v) is 12.7. The van der Waals surface area contributed by atoms with Crippen LogP contribution < -0.4 is 4.90 Å². The van der Waals surface area contributed by atoms with E-state index in [9.17, 15) is 9.90 Å². The van der Waals surface area contributed by atoms with Gasteiger partial charge in [-0.15, -0.1) is 0 Å². The molecule has 1 unspecified atom stereocenters. The zero-order valence-electron chi connectivity index (χ0n) is 12.7. The highest BCUT2D eigenvalue weighted by Gasteiger charge is 2.38. The second kappa shape index (κ2) is 5.38. The summed E-state index contributed by atoms with van der Waals surface area (Å²) in [5.41, 5.74) is 1.24. The SMILES string of the molecule is Cc1cc(C(C)C)nc(N2CCCC(C)(C(=O)O)C2)n1. The van der Waals surface area contributed by atoms with Crippen molar-refractivity contribution in [2.24, 2.45) is 5.41 Å². The highest BCUT2D eigenvalue weighted by molar-refractivity contribution is 5.75. The number of piperidine rings is 1. The topological polar surface area (TPSA) is 66.3 Å². The molecule has 1 N–H and O–H groups in total. The molecule has 1 saturated heterocycles. The molecule has 2 rings (SSSR count). The minimum Gasteiger partial charge on any atom is -0.481 e. The molecule has 0 aromatic carbocycles. The van der Waals surface area contributed by atoms with Crippen molar-refractivity contribution in [3.8, 4) is 0 Å². The number of nitrogens with zero attached hydrogens (tertiary/aromatic N) is 3. The van der Waals surface area contributed by atoms with E-state index in [1.807, 2.05) is 17.9 Å². The first-order valence-corrected chi connectivity index (χ1v) is 7.16. The van der Waals surface area contributed by atoms with Gasteiger partial charge in [0.15, 0.2) is 0 Å². The normalized spacial score (nSPS) is 23.1. The van der Waals surface area contributed by atoms with Crippen molar-refractivity contribution in [1.82, 2.24) is 9.97 Å². The van der Waals surface area contributed by atoms with E-state index < -0.39 is 11.4 Å². The molecule has 110 valence electrons. The predicted octanol–water partition coefficient (Wildman–Crippen LogP) is 2.60. The smallest absolute Gasteiger partial charge is 0.311 e. The molecule has 5 heteroatoms. The van der Waals surface area contributed by atoms with Crippen molar-refractivity contribution < 1.29 is 9.90 Å². The van der Waals surface area contributed by atoms with Crippen LogP contribution in [-0.2, 0) is 4.79 Å². The Morgan fingerprint density at radius 3 is 2.75 bits per heavy atom. The third-order valence-corrected chi connectivity index (χ3v) is 3.95. The van der Waals surface area contributed by atoms with E-state index >= 15 is 0 Å². The van der Waals surface area contributed by atoms with Gasteiger partial charge in [0.25, 0.3) is 0 Å². The summed E-state index contributed by atoms with van der Waals surface area (Å²) in [4.78, 5) is 22.5. The van der Waals surface area contributed by atoms with Gasteiger partial charge < -0.3 is 10.0 Å². The third-order valence-electron chi connectivity index (χ3n) is 3.95. The summed E-state index contributed by atoms with van der Waals surface area (Å²) in [6.45, 7) is 9.26. The average molecular weight is 277 g/mol. The molecule has 0 amide bonds. The Labute approximate surface area is 120 Å². The number of rotatable bonds is 3. The van der Waals surface area contributed by atoms with Gasteiger partial charge in [-0.2, -0.15) is 0 Å². The van der Waals surface area contributed by atoms with Gasteiger partial charge >= 0.3 is 5.97 Å². The maximum Gasteiger partial charge on any atom is 0.311 e. The van der Waals surface area contributed by atoms with Gasteiger partial charge in [-0.3, -0.25) is 4.79 Å². The van der Waals surface area contributed by atoms with Crippen LogP contribution in [-0.4, -0.2) is 34.1 Å². The maximum atomic E-state index is 11.4. The number of carbonyl (C=O) groups is 1. The van der Waals surface area contributed by atoms with E-state index in [0.29, 0.717) is 24.8 Å². The van der Waals surface area contributed by atoms with E-state index in [0.717, 1.165) is 24.4 Å². The molecule has 1 aromatic heterocycles. The minimum atomic E-state index is -0.737. The number of aromatic nitrogens is 2. The van der Waals surface area contributed by atoms with Crippen LogP contribution in [0.2, 0.25) is 0 Å². The lowest BCUT2D eigenvalue weighted by atomic mass is 9.82. The van der Waals surface area contributed by atoms with Crippen molar-refractivity contribution in [2.45, 2.75) is 46.5 Å². The van der Waals surface area contributed by atoms with Crippen molar-refractivity contribution >= 4 is 11.9 Å². The quantitative estimate of drug-likeness (QED) is 0.920. The largest absolute Gasteiger partial charge is 0.481 e. The first-order chi connectivity index (χ1) is 9.32. The van der Waals surface area contributed by atoms with Crippen LogP contribution in [0, 0.1) is 12.3 Å². The Hall–Kier alpha value is -1.65. The van der Waals surface area contributed by atoms with Crippen LogP contribution in [0.4, 0.5) is 5.95 Å². The summed E-state index contributed by atoms with van der Waals surface area (Å²) in [7, 11) is 0. The fraction of sp³-hybridized carbons (Fsp3) is 0.667. The van der Waals surface area contributed by atoms with Gasteiger partial charge in [-0.05, 0) is 38.7 Å². The minimum absolute atomic E-state index is 0.339. The molecule has 0 radical (unpaired) electrons. The van der Waals surface area contributed by atoms with Gasteiger partial charge in [0.05, 0.1) is 5.41 Å². The summed E-state index contributed by atoms with van der Waals surface area (Å²) in [6, 6.07) is 1.99. The molecule has 1 aromatic rings. The number of carboxylic acid groups (broad SMARTS) is 1. The van der Waals surface area contributed by atoms with Crippen LogP contribution in [0.15, 0.2) is 6.07 Å². The summed E-state index contributed by atoms with van der Waals surface area (Å²) in [6.07, 6.45) is 1.57. The van der Waals surface area contributed by atoms with Crippen molar-refractivity contribution in [3.63, 3.8) is 0 Å². The second-order valence-electron chi connectivity index (χ2n) is 6.28. The number of carboxylic acids is 1. The summed E-state index contributed by atoms with van der Waals surface area (Å²) in [5.74, 6) is 0.269. The fourth-order valence-electron chi connectivity index (χ4n) is 2.60. The molecule has 1 aliphatic rings. The molecule has 2 heterocycles. The molecule has 5 nitrogen and oxygen atoms in total. The molecule has 0 bridgehead atoms. The van der Waals surface area contributed by atoms with Gasteiger partial charge in [-0.25, -0.2) is 9.97 Å². The molecule has 1 aliphatic heterocycles. The number of hydrogen-bond acceptors (Lipinski definition) is 4. The molecular weight excluding hydrogens is 254 g/mol. The van der Waals surface area contributed by atoms with E-state index in [4.69, 9.17) is 0 Å². The number of hydrogen-bond donors (Lipinski definition) is 1. The molecule has 1 fully saturated rings. The Morgan fingerprint density at radius 1 is 1.45 bits per heavy atom. The van der Waals surface area contributed by atoms with Crippen molar-refractivity contribution in [1.29, 1.82) is 0 Å². The average Bonchev–Trinajstić information content (AvgIpc) is 2.38. The fourth-order valence-corrected chi connectivity index (χ4v) is 2.60. The monoisotopic (exact) mass is 277 g/mol. The van der Waals surface area contributed by atoms with Gasteiger partial charge in [0.2, 0.25) is 5.95 Å². The van der Waals surface area contributed by atoms with E-state index in [2.05, 4.69) is 23.8 Å². The Kier molecular flexibility index (Phi) is 3.97. The number of anilines is 1. The van der Waals surface area contributed by atoms with Crippen LogP contribution >= 0.6 is 0 Å². The second-order valence-corrected chi connectivity index (χ2v) is 6.28. The van der Waals surface area contributed by atoms with Crippen LogP contribution in [0.25, 0.3) is 0 Å². The van der Waals surface area contributed by atoms with Crippen LogP contribution in [0.5, 0.6) is 0 Å². The van der Waals surface area contributed by atoms with Gasteiger partial charge in [-0.1, -0.05) is 13.8 Å². The lowest BCUT2D eigenvalue weighted by Gasteiger charge is -2.37. The molecule has 0 saturated carbocycles. The summed E-state index contributed by atoms with van der Waals surface area (Å²) in [5, 5.41) is 9.39. The maximum absolute atomic E-state index is 11.4. The predicted molar refractivity (Wildman–Crippen MR) is 78.0 cm³/mol. The van der Waals surface area contributed by atoms with Gasteiger partial charge in [0, 0.05) is 24.5 Å². The van der Waals surface area contributed by atoms with E-state index in [1.165, 1.54) is 0 Å². The Balaban J connectivity index is 2.29. The number of aryl methyl sites for hydroxylation is 1. The van der Waals surface area contributed by atoms with Crippen LogP contribution in [0.1, 0.15) is 50.9 Å². The Bertz CT molecular complexity index is 516. The molecule has 0 spiro atoms. The lowest BCUT2D eigenvalue weighted by molar-refractivity contribution is -0.148. The van der Waals surface area contributed by atoms with Crippen LogP contribution in [0.3, 0.4) is 0 Å². The number of aliphatic carboxylic acids is 1. The molecular formula is C15H23N3O2. The first kappa shape index (κ1) is 14.8. The van der Waals surface area contributed by atoms with Gasteiger partial charge in [0.1, 0.15) is 0 Å². The van der Waals surface area contributed by atoms with E-state index in [-0.39, 0.29) is 0 Å². The highest BCUT2D eigenvalue weighted by Crippen LogP contribution is 2.31. The third kappa shape index (κ3) is 2.92. The van der Waals surface area contributed by atoms with Crippen molar-refractivity contribution in [2.75, 3.05) is 18.0 Å². The van der Waals surface area contributed by atoms with E-state index in [1.54, 1.807) is 6.92 Å². The molecule has 1 atom stereocenters. The molecule has 0 aliphatic carbocycles. The van der Waals surface area contributed by atoms with Crippen molar-refractivity contribution in [3.05, 3.63) is 17.5 Å². The molecule has 20 heavy (non-hydrogen) atoms. The zero-order chi connectivity index (χ0) is 14.9. The highest BCUT2D eigenvalue weighted by atomic mass is 16.4. The first-order valence-electron chi connectivity index (χ1n) is 7.16. The Morgan fingerprint density at radius 2 is 2.15 bits per heavy atom. The lowest BCUT2D eigenvalue weighted by Crippen LogP contribution is -2.46. The summed E-state index contributed by atoms with van der Waals surface area (Å²) >= 11 is 0. The standard InChI is InChI=1S/C15H23N3O2/c1-10(2)12-8-11(3)16-14(17-12)18-7-5-6-15(4,9-18)13(19)20/h8,10H,5-7,9H2,1-4H3,(H,19,20). The summed E-state index contributed by atoms with van der Waals surface area (Å²) < 4.78 is 0.